The molecule has 0 bridgehead atoms. The molecule has 0 aliphatic carbocycles. The van der Waals surface area contributed by atoms with Crippen molar-refractivity contribution in [3.8, 4) is 5.75 Å². The van der Waals surface area contributed by atoms with Crippen molar-refractivity contribution >= 4 is 46.5 Å². The molecule has 1 heterocycles. The lowest BCUT2D eigenvalue weighted by molar-refractivity contribution is -0.123. The Balaban J connectivity index is 1.45. The second kappa shape index (κ2) is 10.9. The number of hydrogen-bond acceptors (Lipinski definition) is 4. The third kappa shape index (κ3) is 5.73. The highest BCUT2D eigenvalue weighted by Crippen LogP contribution is 2.33. The van der Waals surface area contributed by atoms with Gasteiger partial charge in [0, 0.05) is 17.3 Å². The van der Waals surface area contributed by atoms with E-state index in [-0.39, 0.29) is 31.4 Å². The minimum Gasteiger partial charge on any atom is -0.494 e. The minimum absolute atomic E-state index is 0.172. The number of urea groups is 1. The van der Waals surface area contributed by atoms with Crippen molar-refractivity contribution in [3.05, 3.63) is 83.4 Å². The Morgan fingerprint density at radius 2 is 1.66 bits per heavy atom. The maximum Gasteiger partial charge on any atom is 0.326 e. The van der Waals surface area contributed by atoms with E-state index in [2.05, 4.69) is 10.6 Å². The van der Waals surface area contributed by atoms with Crippen LogP contribution in [-0.4, -0.2) is 37.5 Å². The van der Waals surface area contributed by atoms with Gasteiger partial charge in [-0.25, -0.2) is 4.79 Å². The molecular weight excluding hydrogens is 468 g/mol. The van der Waals surface area contributed by atoms with Gasteiger partial charge in [0.1, 0.15) is 18.8 Å². The summed E-state index contributed by atoms with van der Waals surface area (Å²) in [4.78, 5) is 41.4. The molecule has 35 heavy (non-hydrogen) atoms. The third-order valence-corrected chi connectivity index (χ3v) is 5.82. The predicted octanol–water partition coefficient (Wildman–Crippen LogP) is 4.44. The van der Waals surface area contributed by atoms with Crippen molar-refractivity contribution in [1.29, 1.82) is 0 Å². The number of carbonyl (C=O) groups is 3. The van der Waals surface area contributed by atoms with Gasteiger partial charge in [0.15, 0.2) is 0 Å². The van der Waals surface area contributed by atoms with Crippen LogP contribution < -0.4 is 25.2 Å². The molecule has 0 fully saturated rings. The standard InChI is InChI=1S/C26H25ClN4O4/c1-2-35-20-13-11-19(12-14-20)29-26(34)31-17-25(33)30(22-9-5-6-10-23(22)31)16-24(32)28-15-18-7-3-4-8-21(18)27/h3-14H,2,15-17H2,1H3,(H,28,32)(H,29,34). The van der Waals surface area contributed by atoms with Crippen molar-refractivity contribution < 1.29 is 19.1 Å². The molecule has 0 unspecified atom stereocenters. The van der Waals surface area contributed by atoms with Gasteiger partial charge < -0.3 is 15.4 Å². The van der Waals surface area contributed by atoms with Gasteiger partial charge >= 0.3 is 6.03 Å². The number of benzene rings is 3. The summed E-state index contributed by atoms with van der Waals surface area (Å²) >= 11 is 6.15. The summed E-state index contributed by atoms with van der Waals surface area (Å²) in [6, 6.07) is 20.8. The first-order valence-corrected chi connectivity index (χ1v) is 11.5. The van der Waals surface area contributed by atoms with Crippen molar-refractivity contribution in [2.75, 3.05) is 34.8 Å². The number of anilines is 3. The monoisotopic (exact) mass is 492 g/mol. The fraction of sp³-hybridized carbons (Fsp3) is 0.192. The second-order valence-electron chi connectivity index (χ2n) is 7.81. The van der Waals surface area contributed by atoms with Crippen molar-refractivity contribution in [2.24, 2.45) is 0 Å². The smallest absolute Gasteiger partial charge is 0.326 e. The van der Waals surface area contributed by atoms with E-state index in [9.17, 15) is 14.4 Å². The number of rotatable bonds is 7. The number of fused-ring (bicyclic) bond motifs is 1. The largest absolute Gasteiger partial charge is 0.494 e. The Hall–Kier alpha value is -4.04. The highest BCUT2D eigenvalue weighted by atomic mass is 35.5. The van der Waals surface area contributed by atoms with E-state index in [1.54, 1.807) is 54.6 Å². The zero-order chi connectivity index (χ0) is 24.8. The fourth-order valence-electron chi connectivity index (χ4n) is 3.74. The van der Waals surface area contributed by atoms with Crippen molar-refractivity contribution in [2.45, 2.75) is 13.5 Å². The van der Waals surface area contributed by atoms with Gasteiger partial charge in [0.05, 0.1) is 18.0 Å². The van der Waals surface area contributed by atoms with E-state index in [0.29, 0.717) is 34.4 Å². The van der Waals surface area contributed by atoms with Crippen LogP contribution in [0.5, 0.6) is 5.75 Å². The first kappa shape index (κ1) is 24.1. The van der Waals surface area contributed by atoms with Crippen LogP contribution >= 0.6 is 11.6 Å². The number of para-hydroxylation sites is 2. The SMILES string of the molecule is CCOc1ccc(NC(=O)N2CC(=O)N(CC(=O)NCc3ccccc3Cl)c3ccccc32)cc1. The lowest BCUT2D eigenvalue weighted by Gasteiger charge is -2.35. The molecule has 9 heteroatoms. The zero-order valence-electron chi connectivity index (χ0n) is 19.2. The van der Waals surface area contributed by atoms with Gasteiger partial charge in [0.2, 0.25) is 11.8 Å². The molecule has 4 amide bonds. The molecule has 1 aliphatic heterocycles. The summed E-state index contributed by atoms with van der Waals surface area (Å²) in [7, 11) is 0. The molecule has 3 aromatic rings. The third-order valence-electron chi connectivity index (χ3n) is 5.46. The van der Waals surface area contributed by atoms with Crippen LogP contribution in [0.4, 0.5) is 21.9 Å². The maximum absolute atomic E-state index is 13.0. The number of hydrogen-bond donors (Lipinski definition) is 2. The van der Waals surface area contributed by atoms with E-state index in [0.717, 1.165) is 5.56 Å². The van der Waals surface area contributed by atoms with E-state index in [1.165, 1.54) is 9.80 Å². The zero-order valence-corrected chi connectivity index (χ0v) is 19.9. The molecule has 180 valence electrons. The molecule has 0 spiro atoms. The van der Waals surface area contributed by atoms with Crippen LogP contribution in [0, 0.1) is 0 Å². The van der Waals surface area contributed by atoms with E-state index in [1.807, 2.05) is 25.1 Å². The Kier molecular flexibility index (Phi) is 7.52. The molecular formula is C26H25ClN4O4. The lowest BCUT2D eigenvalue weighted by atomic mass is 10.1. The van der Waals surface area contributed by atoms with Gasteiger partial charge in [-0.15, -0.1) is 0 Å². The molecule has 0 atom stereocenters. The number of nitrogens with zero attached hydrogens (tertiary/aromatic N) is 2. The normalized spacial score (nSPS) is 12.7. The van der Waals surface area contributed by atoms with Gasteiger partial charge in [0.25, 0.3) is 0 Å². The molecule has 0 radical (unpaired) electrons. The van der Waals surface area contributed by atoms with Gasteiger partial charge in [-0.1, -0.05) is 41.9 Å². The average Bonchev–Trinajstić information content (AvgIpc) is 2.86. The van der Waals surface area contributed by atoms with E-state index in [4.69, 9.17) is 16.3 Å². The molecule has 0 aromatic heterocycles. The summed E-state index contributed by atoms with van der Waals surface area (Å²) < 4.78 is 5.42. The first-order chi connectivity index (χ1) is 17.0. The maximum atomic E-state index is 13.0. The lowest BCUT2D eigenvalue weighted by Crippen LogP contribution is -2.52. The summed E-state index contributed by atoms with van der Waals surface area (Å²) in [5.41, 5.74) is 2.38. The topological polar surface area (TPSA) is 91.0 Å². The number of ether oxygens (including phenoxy) is 1. The van der Waals surface area contributed by atoms with Crippen LogP contribution in [0.15, 0.2) is 72.8 Å². The minimum atomic E-state index is -0.446. The fourth-order valence-corrected chi connectivity index (χ4v) is 3.95. The summed E-state index contributed by atoms with van der Waals surface area (Å²) in [6.07, 6.45) is 0. The molecule has 0 saturated carbocycles. The average molecular weight is 493 g/mol. The van der Waals surface area contributed by atoms with Crippen molar-refractivity contribution in [3.63, 3.8) is 0 Å². The molecule has 0 saturated heterocycles. The number of halogens is 1. The van der Waals surface area contributed by atoms with Crippen LogP contribution in [-0.2, 0) is 16.1 Å². The molecule has 4 rings (SSSR count). The van der Waals surface area contributed by atoms with Crippen LogP contribution in [0.1, 0.15) is 12.5 Å². The van der Waals surface area contributed by atoms with E-state index < -0.39 is 6.03 Å². The molecule has 3 aromatic carbocycles. The molecule has 8 nitrogen and oxygen atoms in total. The van der Waals surface area contributed by atoms with Gasteiger partial charge in [-0.3, -0.25) is 19.4 Å². The number of carbonyl (C=O) groups excluding carboxylic acids is 3. The van der Waals surface area contributed by atoms with Crippen LogP contribution in [0.3, 0.4) is 0 Å². The molecule has 1 aliphatic rings. The van der Waals surface area contributed by atoms with E-state index >= 15 is 0 Å². The summed E-state index contributed by atoms with van der Waals surface area (Å²) in [5.74, 6) is 0.00579. The first-order valence-electron chi connectivity index (χ1n) is 11.2. The summed E-state index contributed by atoms with van der Waals surface area (Å²) in [6.45, 7) is 2.32. The highest BCUT2D eigenvalue weighted by Gasteiger charge is 2.33. The highest BCUT2D eigenvalue weighted by molar-refractivity contribution is 6.31. The van der Waals surface area contributed by atoms with Gasteiger partial charge in [-0.2, -0.15) is 0 Å². The van der Waals surface area contributed by atoms with Gasteiger partial charge in [-0.05, 0) is 55.0 Å². The number of nitrogens with one attached hydrogen (secondary N) is 2. The Bertz CT molecular complexity index is 1230. The Morgan fingerprint density at radius 3 is 2.37 bits per heavy atom. The Labute approximate surface area is 208 Å². The summed E-state index contributed by atoms with van der Waals surface area (Å²) in [5, 5.41) is 6.17. The van der Waals surface area contributed by atoms with Crippen molar-refractivity contribution in [1.82, 2.24) is 5.32 Å². The second-order valence-corrected chi connectivity index (χ2v) is 8.22. The molecule has 2 N–H and O–H groups in total. The number of amides is 4. The quantitative estimate of drug-likeness (QED) is 0.510. The van der Waals surface area contributed by atoms with Crippen LogP contribution in [0.25, 0.3) is 0 Å². The Morgan fingerprint density at radius 1 is 0.971 bits per heavy atom. The predicted molar refractivity (Wildman–Crippen MR) is 136 cm³/mol. The van der Waals surface area contributed by atoms with Crippen LogP contribution in [0.2, 0.25) is 5.02 Å².